The Labute approximate surface area is 79.0 Å². The molecule has 13 heavy (non-hydrogen) atoms. The Bertz CT molecular complexity index is 207. The molecule has 0 bridgehead atoms. The highest BCUT2D eigenvalue weighted by Crippen LogP contribution is 2.22. The summed E-state index contributed by atoms with van der Waals surface area (Å²) in [4.78, 5) is 11.3. The minimum absolute atomic E-state index is 0.0120. The Kier molecular flexibility index (Phi) is 3.48. The molecule has 3 nitrogen and oxygen atoms in total. The van der Waals surface area contributed by atoms with Crippen LogP contribution in [0.4, 0.5) is 0 Å². The second kappa shape index (κ2) is 4.42. The zero-order chi connectivity index (χ0) is 9.84. The fourth-order valence-corrected chi connectivity index (χ4v) is 1.69. The van der Waals surface area contributed by atoms with Crippen LogP contribution in [0.5, 0.6) is 0 Å². The van der Waals surface area contributed by atoms with Crippen molar-refractivity contribution in [2.24, 2.45) is 0 Å². The van der Waals surface area contributed by atoms with Crippen LogP contribution in [-0.2, 0) is 4.79 Å². The van der Waals surface area contributed by atoms with Crippen LogP contribution in [0, 0.1) is 0 Å². The molecule has 1 amide bonds. The maximum absolute atomic E-state index is 11.3. The van der Waals surface area contributed by atoms with Crippen LogP contribution in [0.3, 0.4) is 0 Å². The maximum Gasteiger partial charge on any atom is 0.272 e. The van der Waals surface area contributed by atoms with Crippen molar-refractivity contribution >= 4 is 5.91 Å². The van der Waals surface area contributed by atoms with Crippen molar-refractivity contribution in [2.75, 3.05) is 0 Å². The summed E-state index contributed by atoms with van der Waals surface area (Å²) in [6, 6.07) is 0.0120. The van der Waals surface area contributed by atoms with Gasteiger partial charge in [0.05, 0.1) is 6.04 Å². The van der Waals surface area contributed by atoms with Gasteiger partial charge in [-0.05, 0) is 19.8 Å². The fourth-order valence-electron chi connectivity index (χ4n) is 1.69. The summed E-state index contributed by atoms with van der Waals surface area (Å²) < 4.78 is 0. The Morgan fingerprint density at radius 2 is 1.92 bits per heavy atom. The molecule has 0 heterocycles. The first kappa shape index (κ1) is 10.3. The number of hydrogen-bond acceptors (Lipinski definition) is 2. The SMILES string of the molecule is C=C(C)C(=O)N(O)C1CCCCC1. The number of carbonyl (C=O) groups is 1. The molecule has 0 aromatic carbocycles. The molecule has 0 unspecified atom stereocenters. The Hall–Kier alpha value is -0.830. The number of nitrogens with zero attached hydrogens (tertiary/aromatic N) is 1. The van der Waals surface area contributed by atoms with Gasteiger partial charge in [-0.1, -0.05) is 25.8 Å². The summed E-state index contributed by atoms with van der Waals surface area (Å²) in [5, 5.41) is 10.4. The summed E-state index contributed by atoms with van der Waals surface area (Å²) in [6.45, 7) is 5.14. The zero-order valence-electron chi connectivity index (χ0n) is 8.12. The predicted molar refractivity (Wildman–Crippen MR) is 50.3 cm³/mol. The van der Waals surface area contributed by atoms with Crippen LogP contribution in [0.1, 0.15) is 39.0 Å². The number of hydroxylamine groups is 2. The topological polar surface area (TPSA) is 40.5 Å². The molecule has 1 N–H and O–H groups in total. The van der Waals surface area contributed by atoms with Gasteiger partial charge in [-0.2, -0.15) is 0 Å². The van der Waals surface area contributed by atoms with Crippen LogP contribution in [0.2, 0.25) is 0 Å². The van der Waals surface area contributed by atoms with E-state index in [-0.39, 0.29) is 11.9 Å². The first-order valence-electron chi connectivity index (χ1n) is 4.81. The normalized spacial score (nSPS) is 18.3. The maximum atomic E-state index is 11.3. The summed E-state index contributed by atoms with van der Waals surface area (Å²) in [5.74, 6) is -0.341. The van der Waals surface area contributed by atoms with Crippen LogP contribution < -0.4 is 0 Å². The lowest BCUT2D eigenvalue weighted by Gasteiger charge is -2.29. The van der Waals surface area contributed by atoms with Crippen molar-refractivity contribution < 1.29 is 10.0 Å². The first-order valence-corrected chi connectivity index (χ1v) is 4.81. The van der Waals surface area contributed by atoms with Crippen LogP contribution >= 0.6 is 0 Å². The van der Waals surface area contributed by atoms with Crippen LogP contribution in [0.15, 0.2) is 12.2 Å². The molecule has 0 saturated heterocycles. The molecular weight excluding hydrogens is 166 g/mol. The Balaban J connectivity index is 2.49. The lowest BCUT2D eigenvalue weighted by atomic mass is 9.95. The monoisotopic (exact) mass is 183 g/mol. The van der Waals surface area contributed by atoms with E-state index in [1.807, 2.05) is 0 Å². The minimum Gasteiger partial charge on any atom is -0.285 e. The molecule has 1 fully saturated rings. The van der Waals surface area contributed by atoms with E-state index in [9.17, 15) is 10.0 Å². The summed E-state index contributed by atoms with van der Waals surface area (Å²) in [6.07, 6.45) is 5.24. The van der Waals surface area contributed by atoms with E-state index in [0.717, 1.165) is 30.7 Å². The average Bonchev–Trinajstić information content (AvgIpc) is 2.17. The first-order chi connectivity index (χ1) is 6.13. The third-order valence-electron chi connectivity index (χ3n) is 2.49. The number of carbonyl (C=O) groups excluding carboxylic acids is 1. The van der Waals surface area contributed by atoms with E-state index in [2.05, 4.69) is 6.58 Å². The third-order valence-corrected chi connectivity index (χ3v) is 2.49. The molecule has 0 radical (unpaired) electrons. The molecule has 1 aliphatic carbocycles. The predicted octanol–water partition coefficient (Wildman–Crippen LogP) is 2.11. The van der Waals surface area contributed by atoms with E-state index in [0.29, 0.717) is 5.57 Å². The Morgan fingerprint density at radius 1 is 1.38 bits per heavy atom. The van der Waals surface area contributed by atoms with Crippen molar-refractivity contribution in [2.45, 2.75) is 45.1 Å². The highest BCUT2D eigenvalue weighted by Gasteiger charge is 2.23. The zero-order valence-corrected chi connectivity index (χ0v) is 8.12. The smallest absolute Gasteiger partial charge is 0.272 e. The van der Waals surface area contributed by atoms with E-state index >= 15 is 0 Å². The molecule has 74 valence electrons. The van der Waals surface area contributed by atoms with Crippen LogP contribution in [-0.4, -0.2) is 22.2 Å². The second-order valence-corrected chi connectivity index (χ2v) is 3.72. The standard InChI is InChI=1S/C10H17NO2/c1-8(2)10(12)11(13)9-6-4-3-5-7-9/h9,13H,1,3-7H2,2H3. The number of hydrogen-bond donors (Lipinski definition) is 1. The van der Waals surface area contributed by atoms with Gasteiger partial charge in [0, 0.05) is 5.57 Å². The highest BCUT2D eigenvalue weighted by atomic mass is 16.5. The number of rotatable bonds is 2. The molecule has 1 rings (SSSR count). The molecule has 0 aromatic rings. The quantitative estimate of drug-likeness (QED) is 0.404. The van der Waals surface area contributed by atoms with Gasteiger partial charge < -0.3 is 0 Å². The Morgan fingerprint density at radius 3 is 2.38 bits per heavy atom. The lowest BCUT2D eigenvalue weighted by molar-refractivity contribution is -0.173. The summed E-state index contributed by atoms with van der Waals surface area (Å²) in [5.41, 5.74) is 0.396. The van der Waals surface area contributed by atoms with E-state index in [1.54, 1.807) is 6.92 Å². The van der Waals surface area contributed by atoms with Crippen LogP contribution in [0.25, 0.3) is 0 Å². The van der Waals surface area contributed by atoms with Gasteiger partial charge >= 0.3 is 0 Å². The van der Waals surface area contributed by atoms with E-state index in [4.69, 9.17) is 0 Å². The van der Waals surface area contributed by atoms with Crippen molar-refractivity contribution in [3.63, 3.8) is 0 Å². The van der Waals surface area contributed by atoms with Crippen molar-refractivity contribution in [3.05, 3.63) is 12.2 Å². The van der Waals surface area contributed by atoms with E-state index in [1.165, 1.54) is 6.42 Å². The van der Waals surface area contributed by atoms with Gasteiger partial charge in [-0.25, -0.2) is 5.06 Å². The highest BCUT2D eigenvalue weighted by molar-refractivity contribution is 5.91. The largest absolute Gasteiger partial charge is 0.285 e. The van der Waals surface area contributed by atoms with Gasteiger partial charge in [-0.3, -0.25) is 10.0 Å². The summed E-state index contributed by atoms with van der Waals surface area (Å²) >= 11 is 0. The lowest BCUT2D eigenvalue weighted by Crippen LogP contribution is -2.39. The summed E-state index contributed by atoms with van der Waals surface area (Å²) in [7, 11) is 0. The molecule has 1 saturated carbocycles. The molecular formula is C10H17NO2. The minimum atomic E-state index is -0.341. The molecule has 0 aromatic heterocycles. The average molecular weight is 183 g/mol. The molecule has 0 aliphatic heterocycles. The van der Waals surface area contributed by atoms with Gasteiger partial charge in [0.1, 0.15) is 0 Å². The van der Waals surface area contributed by atoms with Gasteiger partial charge in [0.15, 0.2) is 0 Å². The van der Waals surface area contributed by atoms with Gasteiger partial charge in [0.2, 0.25) is 0 Å². The van der Waals surface area contributed by atoms with E-state index < -0.39 is 0 Å². The van der Waals surface area contributed by atoms with Crippen molar-refractivity contribution in [1.82, 2.24) is 5.06 Å². The molecule has 1 aliphatic rings. The van der Waals surface area contributed by atoms with Gasteiger partial charge in [0.25, 0.3) is 5.91 Å². The fraction of sp³-hybridized carbons (Fsp3) is 0.700. The molecule has 3 heteroatoms. The molecule has 0 atom stereocenters. The third kappa shape index (κ3) is 2.56. The van der Waals surface area contributed by atoms with Crippen molar-refractivity contribution in [1.29, 1.82) is 0 Å². The number of amides is 1. The molecule has 0 spiro atoms. The van der Waals surface area contributed by atoms with Crippen molar-refractivity contribution in [3.8, 4) is 0 Å². The second-order valence-electron chi connectivity index (χ2n) is 3.72. The van der Waals surface area contributed by atoms with Gasteiger partial charge in [-0.15, -0.1) is 0 Å².